The van der Waals surface area contributed by atoms with E-state index in [2.05, 4.69) is 34.3 Å². The first-order valence-electron chi connectivity index (χ1n) is 7.65. The molecular weight excluding hydrogens is 240 g/mol. The Labute approximate surface area is 114 Å². The molecule has 2 atom stereocenters. The maximum atomic E-state index is 6.27. The van der Waals surface area contributed by atoms with Crippen LogP contribution in [-0.4, -0.2) is 20.5 Å². The molecule has 0 aliphatic carbocycles. The monoisotopic (exact) mass is 270 g/mol. The van der Waals surface area contributed by atoms with Crippen molar-refractivity contribution in [2.24, 2.45) is 0 Å². The molecule has 1 aliphatic rings. The molecule has 0 aromatic carbocycles. The summed E-state index contributed by atoms with van der Waals surface area (Å²) < 4.78 is 12.0. The predicted molar refractivity (Wildman–Crippen MR) is 80.2 cm³/mol. The van der Waals surface area contributed by atoms with Gasteiger partial charge in [0.05, 0.1) is 6.10 Å². The Hall–Kier alpha value is -0.283. The Bertz CT molecular complexity index is 253. The Morgan fingerprint density at radius 1 is 1.11 bits per heavy atom. The van der Waals surface area contributed by atoms with E-state index in [-0.39, 0.29) is 6.10 Å². The second-order valence-electron chi connectivity index (χ2n) is 5.40. The lowest BCUT2D eigenvalue weighted by atomic mass is 10.1. The normalized spacial score (nSPS) is 22.9. The molecule has 0 saturated carbocycles. The Kier molecular flexibility index (Phi) is 6.43. The van der Waals surface area contributed by atoms with Gasteiger partial charge in [0, 0.05) is 0 Å². The summed E-state index contributed by atoms with van der Waals surface area (Å²) in [5.74, 6) is 0.911. The van der Waals surface area contributed by atoms with Gasteiger partial charge in [-0.25, -0.2) is 0 Å². The first-order chi connectivity index (χ1) is 8.62. The smallest absolute Gasteiger partial charge is 0.250 e. The first kappa shape index (κ1) is 15.8. The van der Waals surface area contributed by atoms with Crippen LogP contribution in [-0.2, 0) is 9.16 Å². The minimum Gasteiger partial charge on any atom is -0.545 e. The minimum atomic E-state index is -1.55. The largest absolute Gasteiger partial charge is 0.545 e. The highest BCUT2D eigenvalue weighted by Crippen LogP contribution is 2.36. The van der Waals surface area contributed by atoms with E-state index in [4.69, 9.17) is 9.16 Å². The standard InChI is InChI=1S/C15H30O2Si/c1-6-10-11-12-14-15(16-14)13(5)17-18(7-2,8-3)9-4/h14-15H,5-12H2,1-4H3/t14-,15+/m0/s1. The highest BCUT2D eigenvalue weighted by molar-refractivity contribution is 6.73. The van der Waals surface area contributed by atoms with Crippen LogP contribution in [0.15, 0.2) is 12.3 Å². The second-order valence-corrected chi connectivity index (χ2v) is 10.1. The van der Waals surface area contributed by atoms with Gasteiger partial charge in [-0.05, 0) is 24.6 Å². The lowest BCUT2D eigenvalue weighted by Crippen LogP contribution is -2.36. The molecule has 0 amide bonds. The average Bonchev–Trinajstić information content (AvgIpc) is 3.16. The molecule has 0 N–H and O–H groups in total. The van der Waals surface area contributed by atoms with Gasteiger partial charge in [-0.3, -0.25) is 0 Å². The fourth-order valence-corrected chi connectivity index (χ4v) is 5.15. The number of hydrogen-bond donors (Lipinski definition) is 0. The minimum absolute atomic E-state index is 0.193. The summed E-state index contributed by atoms with van der Waals surface area (Å²) in [6.07, 6.45) is 5.59. The number of ether oxygens (including phenoxy) is 1. The van der Waals surface area contributed by atoms with Gasteiger partial charge in [0.15, 0.2) is 0 Å². The maximum absolute atomic E-state index is 6.27. The molecule has 0 radical (unpaired) electrons. The van der Waals surface area contributed by atoms with Crippen molar-refractivity contribution in [2.45, 2.75) is 83.7 Å². The van der Waals surface area contributed by atoms with Gasteiger partial charge in [-0.2, -0.15) is 0 Å². The van der Waals surface area contributed by atoms with Crippen LogP contribution in [0.1, 0.15) is 53.4 Å². The van der Waals surface area contributed by atoms with Gasteiger partial charge in [0.2, 0.25) is 8.32 Å². The predicted octanol–water partition coefficient (Wildman–Crippen LogP) is 4.87. The summed E-state index contributed by atoms with van der Waals surface area (Å²) in [4.78, 5) is 0. The fraction of sp³-hybridized carbons (Fsp3) is 0.867. The van der Waals surface area contributed by atoms with Gasteiger partial charge in [-0.15, -0.1) is 0 Å². The van der Waals surface area contributed by atoms with Crippen molar-refractivity contribution in [3.05, 3.63) is 12.3 Å². The van der Waals surface area contributed by atoms with Crippen molar-refractivity contribution in [1.82, 2.24) is 0 Å². The van der Waals surface area contributed by atoms with Crippen LogP contribution in [0.25, 0.3) is 0 Å². The van der Waals surface area contributed by atoms with Crippen molar-refractivity contribution in [2.75, 3.05) is 0 Å². The lowest BCUT2D eigenvalue weighted by molar-refractivity contribution is 0.316. The van der Waals surface area contributed by atoms with E-state index in [0.717, 1.165) is 5.76 Å². The average molecular weight is 270 g/mol. The summed E-state index contributed by atoms with van der Waals surface area (Å²) in [5, 5.41) is 0. The summed E-state index contributed by atoms with van der Waals surface area (Å²) >= 11 is 0. The third kappa shape index (κ3) is 4.13. The van der Waals surface area contributed by atoms with Crippen LogP contribution >= 0.6 is 0 Å². The molecule has 1 fully saturated rings. The Morgan fingerprint density at radius 2 is 1.72 bits per heavy atom. The molecule has 3 heteroatoms. The van der Waals surface area contributed by atoms with Crippen molar-refractivity contribution < 1.29 is 9.16 Å². The third-order valence-electron chi connectivity index (χ3n) is 4.27. The van der Waals surface area contributed by atoms with Crippen molar-refractivity contribution in [3.63, 3.8) is 0 Å². The highest BCUT2D eigenvalue weighted by Gasteiger charge is 2.44. The number of hydrogen-bond acceptors (Lipinski definition) is 2. The molecule has 0 aromatic heterocycles. The van der Waals surface area contributed by atoms with E-state index in [9.17, 15) is 0 Å². The van der Waals surface area contributed by atoms with E-state index >= 15 is 0 Å². The van der Waals surface area contributed by atoms with E-state index < -0.39 is 8.32 Å². The van der Waals surface area contributed by atoms with E-state index in [0.29, 0.717) is 6.10 Å². The van der Waals surface area contributed by atoms with Crippen LogP contribution in [0.2, 0.25) is 18.1 Å². The molecule has 0 spiro atoms. The molecule has 1 heterocycles. The fourth-order valence-electron chi connectivity index (χ4n) is 2.54. The summed E-state index contributed by atoms with van der Waals surface area (Å²) in [6, 6.07) is 3.52. The zero-order chi connectivity index (χ0) is 13.6. The topological polar surface area (TPSA) is 21.8 Å². The van der Waals surface area contributed by atoms with Crippen LogP contribution in [0.3, 0.4) is 0 Å². The number of epoxide rings is 1. The third-order valence-corrected chi connectivity index (χ3v) is 8.83. The molecule has 1 aliphatic heterocycles. The quantitative estimate of drug-likeness (QED) is 0.244. The molecule has 0 unspecified atom stereocenters. The number of rotatable bonds is 10. The molecule has 18 heavy (non-hydrogen) atoms. The summed E-state index contributed by atoms with van der Waals surface area (Å²) in [6.45, 7) is 13.1. The Morgan fingerprint density at radius 3 is 2.22 bits per heavy atom. The van der Waals surface area contributed by atoms with Crippen LogP contribution in [0.4, 0.5) is 0 Å². The van der Waals surface area contributed by atoms with Crippen LogP contribution in [0, 0.1) is 0 Å². The molecule has 106 valence electrons. The molecule has 0 bridgehead atoms. The highest BCUT2D eigenvalue weighted by atomic mass is 28.4. The zero-order valence-electron chi connectivity index (χ0n) is 12.6. The van der Waals surface area contributed by atoms with Crippen molar-refractivity contribution >= 4 is 8.32 Å². The van der Waals surface area contributed by atoms with Crippen molar-refractivity contribution in [1.29, 1.82) is 0 Å². The summed E-state index contributed by atoms with van der Waals surface area (Å²) in [5.41, 5.74) is 0. The lowest BCUT2D eigenvalue weighted by Gasteiger charge is -2.29. The molecule has 1 rings (SSSR count). The van der Waals surface area contributed by atoms with E-state index in [1.165, 1.54) is 43.8 Å². The Balaban J connectivity index is 2.34. The van der Waals surface area contributed by atoms with Gasteiger partial charge >= 0.3 is 0 Å². The van der Waals surface area contributed by atoms with E-state index in [1.807, 2.05) is 0 Å². The molecular formula is C15H30O2Si. The van der Waals surface area contributed by atoms with Gasteiger partial charge < -0.3 is 9.16 Å². The number of unbranched alkanes of at least 4 members (excludes halogenated alkanes) is 2. The van der Waals surface area contributed by atoms with Gasteiger partial charge in [0.25, 0.3) is 0 Å². The summed E-state index contributed by atoms with van der Waals surface area (Å²) in [7, 11) is -1.55. The molecule has 1 saturated heterocycles. The van der Waals surface area contributed by atoms with Crippen LogP contribution < -0.4 is 0 Å². The van der Waals surface area contributed by atoms with Crippen molar-refractivity contribution in [3.8, 4) is 0 Å². The van der Waals surface area contributed by atoms with E-state index in [1.54, 1.807) is 0 Å². The first-order valence-corrected chi connectivity index (χ1v) is 10.2. The maximum Gasteiger partial charge on any atom is 0.250 e. The van der Waals surface area contributed by atoms with Gasteiger partial charge in [0.1, 0.15) is 11.9 Å². The molecule has 2 nitrogen and oxygen atoms in total. The van der Waals surface area contributed by atoms with Gasteiger partial charge in [-0.1, -0.05) is 53.5 Å². The molecule has 0 aromatic rings. The second kappa shape index (κ2) is 7.34. The zero-order valence-corrected chi connectivity index (χ0v) is 13.6. The SMILES string of the molecule is C=C(O[Si](CC)(CC)CC)[C@H]1O[C@H]1CCCCC. The van der Waals surface area contributed by atoms with Crippen LogP contribution in [0.5, 0.6) is 0 Å².